The van der Waals surface area contributed by atoms with Crippen LogP contribution >= 0.6 is 0 Å². The van der Waals surface area contributed by atoms with Crippen LogP contribution in [0.1, 0.15) is 17.3 Å². The largest absolute Gasteiger partial charge is 0.492 e. The van der Waals surface area contributed by atoms with Crippen molar-refractivity contribution < 1.29 is 9.90 Å². The van der Waals surface area contributed by atoms with Crippen LogP contribution in [0.25, 0.3) is 11.3 Å². The second kappa shape index (κ2) is 7.05. The fourth-order valence-electron chi connectivity index (χ4n) is 2.25. The van der Waals surface area contributed by atoms with Gasteiger partial charge >= 0.3 is 0 Å². The van der Waals surface area contributed by atoms with E-state index in [0.717, 1.165) is 5.56 Å². The quantitative estimate of drug-likeness (QED) is 0.534. The minimum Gasteiger partial charge on any atom is -0.492 e. The minimum absolute atomic E-state index is 0.184. The molecule has 0 aliphatic rings. The maximum absolute atomic E-state index is 12.3. The molecule has 0 aliphatic carbocycles. The molecule has 0 saturated heterocycles. The number of hydrogen-bond acceptors (Lipinski definition) is 7. The summed E-state index contributed by atoms with van der Waals surface area (Å²) >= 11 is 0. The van der Waals surface area contributed by atoms with Gasteiger partial charge in [-0.15, -0.1) is 5.10 Å². The number of aromatic hydroxyl groups is 1. The summed E-state index contributed by atoms with van der Waals surface area (Å²) in [5, 5.41) is 22.7. The number of benzene rings is 1. The van der Waals surface area contributed by atoms with Crippen molar-refractivity contribution in [2.75, 3.05) is 23.8 Å². The SMILES string of the molecule is CCN(C)c1nc(O)c(C(=O)Nc2ccc(-c3c[nH]nn3)cc2)c(=O)[nH]1. The fourth-order valence-corrected chi connectivity index (χ4v) is 2.25. The van der Waals surface area contributed by atoms with E-state index in [4.69, 9.17) is 0 Å². The van der Waals surface area contributed by atoms with E-state index in [2.05, 4.69) is 30.7 Å². The van der Waals surface area contributed by atoms with Crippen molar-refractivity contribution in [2.45, 2.75) is 6.92 Å². The molecule has 26 heavy (non-hydrogen) atoms. The number of H-pyrrole nitrogens is 2. The van der Waals surface area contributed by atoms with Crippen LogP contribution in [0.4, 0.5) is 11.6 Å². The Morgan fingerprint density at radius 1 is 1.31 bits per heavy atom. The zero-order valence-corrected chi connectivity index (χ0v) is 14.1. The van der Waals surface area contributed by atoms with Gasteiger partial charge in [-0.05, 0) is 19.1 Å². The van der Waals surface area contributed by atoms with Gasteiger partial charge in [0, 0.05) is 31.0 Å². The van der Waals surface area contributed by atoms with Crippen molar-refractivity contribution in [3.63, 3.8) is 0 Å². The van der Waals surface area contributed by atoms with Crippen molar-refractivity contribution in [1.82, 2.24) is 25.4 Å². The Morgan fingerprint density at radius 2 is 2.04 bits per heavy atom. The number of carbonyl (C=O) groups excluding carboxylic acids is 1. The van der Waals surface area contributed by atoms with E-state index < -0.39 is 22.9 Å². The topological polar surface area (TPSA) is 140 Å². The molecule has 0 radical (unpaired) electrons. The molecule has 2 aromatic heterocycles. The van der Waals surface area contributed by atoms with Gasteiger partial charge in [0.2, 0.25) is 11.8 Å². The highest BCUT2D eigenvalue weighted by molar-refractivity contribution is 6.05. The summed E-state index contributed by atoms with van der Waals surface area (Å²) in [6.07, 6.45) is 1.64. The van der Waals surface area contributed by atoms with Gasteiger partial charge in [-0.1, -0.05) is 17.3 Å². The molecule has 134 valence electrons. The number of aromatic amines is 2. The molecule has 3 aromatic rings. The van der Waals surface area contributed by atoms with Crippen molar-refractivity contribution >= 4 is 17.5 Å². The molecular formula is C16H17N7O3. The highest BCUT2D eigenvalue weighted by atomic mass is 16.3. The molecule has 0 atom stereocenters. The summed E-state index contributed by atoms with van der Waals surface area (Å²) in [7, 11) is 1.70. The summed E-state index contributed by atoms with van der Waals surface area (Å²) in [5.41, 5.74) is 0.766. The van der Waals surface area contributed by atoms with Crippen LogP contribution in [0.2, 0.25) is 0 Å². The summed E-state index contributed by atoms with van der Waals surface area (Å²) in [4.78, 5) is 32.5. The average Bonchev–Trinajstić information content (AvgIpc) is 3.15. The number of aromatic nitrogens is 5. The number of amides is 1. The lowest BCUT2D eigenvalue weighted by molar-refractivity contribution is 0.102. The summed E-state index contributed by atoms with van der Waals surface area (Å²) in [6, 6.07) is 6.80. The molecular weight excluding hydrogens is 338 g/mol. The molecule has 0 spiro atoms. The molecule has 0 fully saturated rings. The molecule has 4 N–H and O–H groups in total. The average molecular weight is 355 g/mol. The first-order valence-electron chi connectivity index (χ1n) is 7.82. The summed E-state index contributed by atoms with van der Waals surface area (Å²) < 4.78 is 0. The Balaban J connectivity index is 1.81. The van der Waals surface area contributed by atoms with E-state index in [1.165, 1.54) is 0 Å². The van der Waals surface area contributed by atoms with Crippen LogP contribution in [0.3, 0.4) is 0 Å². The summed E-state index contributed by atoms with van der Waals surface area (Å²) in [5.74, 6) is -1.19. The van der Waals surface area contributed by atoms with E-state index in [0.29, 0.717) is 17.9 Å². The molecule has 10 nitrogen and oxygen atoms in total. The third-order valence-electron chi connectivity index (χ3n) is 3.81. The van der Waals surface area contributed by atoms with Gasteiger partial charge < -0.3 is 15.3 Å². The van der Waals surface area contributed by atoms with Crippen molar-refractivity contribution in [3.05, 3.63) is 46.4 Å². The van der Waals surface area contributed by atoms with Gasteiger partial charge in [0.25, 0.3) is 11.5 Å². The number of carbonyl (C=O) groups is 1. The zero-order valence-electron chi connectivity index (χ0n) is 14.1. The van der Waals surface area contributed by atoms with Crippen LogP contribution in [0.15, 0.2) is 35.3 Å². The first kappa shape index (κ1) is 17.1. The maximum atomic E-state index is 12.3. The molecule has 1 amide bonds. The maximum Gasteiger partial charge on any atom is 0.269 e. The van der Waals surface area contributed by atoms with E-state index >= 15 is 0 Å². The van der Waals surface area contributed by atoms with E-state index in [-0.39, 0.29) is 5.95 Å². The third-order valence-corrected chi connectivity index (χ3v) is 3.81. The van der Waals surface area contributed by atoms with Crippen LogP contribution < -0.4 is 15.8 Å². The molecule has 1 aromatic carbocycles. The number of anilines is 2. The number of nitrogens with one attached hydrogen (secondary N) is 3. The lowest BCUT2D eigenvalue weighted by atomic mass is 10.1. The van der Waals surface area contributed by atoms with Crippen molar-refractivity contribution in [3.8, 4) is 17.1 Å². The predicted molar refractivity (Wildman–Crippen MR) is 95.2 cm³/mol. The highest BCUT2D eigenvalue weighted by Gasteiger charge is 2.20. The van der Waals surface area contributed by atoms with Crippen molar-refractivity contribution in [1.29, 1.82) is 0 Å². The number of nitrogens with zero attached hydrogens (tertiary/aromatic N) is 4. The van der Waals surface area contributed by atoms with Crippen LogP contribution in [0, 0.1) is 0 Å². The molecule has 3 rings (SSSR count). The molecule has 0 unspecified atom stereocenters. The van der Waals surface area contributed by atoms with Gasteiger partial charge in [0.05, 0.1) is 0 Å². The lowest BCUT2D eigenvalue weighted by Gasteiger charge is -2.15. The Labute approximate surface area is 147 Å². The normalized spacial score (nSPS) is 10.5. The highest BCUT2D eigenvalue weighted by Crippen LogP contribution is 2.20. The van der Waals surface area contributed by atoms with E-state index in [9.17, 15) is 14.7 Å². The molecule has 0 saturated carbocycles. The van der Waals surface area contributed by atoms with Gasteiger partial charge in [-0.2, -0.15) is 4.98 Å². The standard InChI is InChI=1S/C16H17N7O3/c1-3-23(2)16-19-14(25)12(15(26)20-16)13(24)18-10-6-4-9(5-7-10)11-8-17-22-21-11/h4-8H,3H2,1-2H3,(H,18,24)(H,17,21,22)(H2,19,20,25,26). The zero-order chi connectivity index (χ0) is 18.7. The first-order chi connectivity index (χ1) is 12.5. The van der Waals surface area contributed by atoms with Gasteiger partial charge in [-0.25, -0.2) is 0 Å². The number of hydrogen-bond donors (Lipinski definition) is 4. The van der Waals surface area contributed by atoms with Gasteiger partial charge in [0.1, 0.15) is 5.69 Å². The van der Waals surface area contributed by atoms with Gasteiger partial charge in [0.15, 0.2) is 5.56 Å². The third kappa shape index (κ3) is 3.38. The first-order valence-corrected chi connectivity index (χ1v) is 7.82. The number of rotatable bonds is 5. The smallest absolute Gasteiger partial charge is 0.269 e. The summed E-state index contributed by atoms with van der Waals surface area (Å²) in [6.45, 7) is 2.44. The Hall–Kier alpha value is -3.69. The minimum atomic E-state index is -0.754. The molecule has 2 heterocycles. The van der Waals surface area contributed by atoms with Gasteiger partial charge in [-0.3, -0.25) is 19.7 Å². The van der Waals surface area contributed by atoms with E-state index in [1.54, 1.807) is 42.4 Å². The fraction of sp³-hybridized carbons (Fsp3) is 0.188. The Morgan fingerprint density at radius 3 is 2.62 bits per heavy atom. The second-order valence-electron chi connectivity index (χ2n) is 5.49. The lowest BCUT2D eigenvalue weighted by Crippen LogP contribution is -2.28. The van der Waals surface area contributed by atoms with Crippen LogP contribution in [-0.2, 0) is 0 Å². The molecule has 10 heteroatoms. The Kier molecular flexibility index (Phi) is 4.65. The molecule has 0 bridgehead atoms. The van der Waals surface area contributed by atoms with E-state index in [1.807, 2.05) is 6.92 Å². The van der Waals surface area contributed by atoms with Crippen LogP contribution in [-0.4, -0.2) is 50.0 Å². The van der Waals surface area contributed by atoms with Crippen LogP contribution in [0.5, 0.6) is 5.88 Å². The van der Waals surface area contributed by atoms with Crippen molar-refractivity contribution in [2.24, 2.45) is 0 Å². The Bertz CT molecular complexity index is 965. The second-order valence-corrected chi connectivity index (χ2v) is 5.49. The predicted octanol–water partition coefficient (Wildman–Crippen LogP) is 0.969. The molecule has 0 aliphatic heterocycles. The monoisotopic (exact) mass is 355 g/mol.